The van der Waals surface area contributed by atoms with E-state index in [2.05, 4.69) is 5.32 Å². The summed E-state index contributed by atoms with van der Waals surface area (Å²) in [4.78, 5) is 23.7. The molecule has 0 aliphatic heterocycles. The van der Waals surface area contributed by atoms with Crippen molar-refractivity contribution in [1.82, 2.24) is 5.48 Å². The molecule has 0 spiro atoms. The number of carbonyl (C=O) groups is 2. The summed E-state index contributed by atoms with van der Waals surface area (Å²) in [5, 5.41) is 20.2. The highest BCUT2D eigenvalue weighted by Crippen LogP contribution is 2.31. The third kappa shape index (κ3) is 8.83. The Balaban J connectivity index is 2.10. The molecule has 178 valence electrons. The minimum Gasteiger partial charge on any atom is -0.497 e. The van der Waals surface area contributed by atoms with Crippen molar-refractivity contribution in [2.75, 3.05) is 25.6 Å². The number of hydrogen-bond acceptors (Lipinski definition) is 7. The van der Waals surface area contributed by atoms with Gasteiger partial charge in [-0.1, -0.05) is 25.1 Å². The second kappa shape index (κ2) is 13.8. The number of benzene rings is 2. The SMILES string of the molecule is COc1ccc(NC(=O)O[C@@H](c2ccc(OCCO)cc2)[C@H](C)CC/C=C/C(=O)NO)cc1. The van der Waals surface area contributed by atoms with Gasteiger partial charge < -0.3 is 19.3 Å². The number of rotatable bonds is 12. The van der Waals surface area contributed by atoms with Gasteiger partial charge in [0.15, 0.2) is 0 Å². The van der Waals surface area contributed by atoms with Crippen molar-refractivity contribution in [3.05, 3.63) is 66.2 Å². The second-order valence-electron chi connectivity index (χ2n) is 7.25. The quantitative estimate of drug-likeness (QED) is 0.216. The molecular formula is C24H30N2O7. The number of allylic oxidation sites excluding steroid dienone is 1. The minimum absolute atomic E-state index is 0.0854. The van der Waals surface area contributed by atoms with Gasteiger partial charge in [0.2, 0.25) is 0 Å². The Hall–Kier alpha value is -3.56. The van der Waals surface area contributed by atoms with Crippen LogP contribution in [-0.2, 0) is 9.53 Å². The summed E-state index contributed by atoms with van der Waals surface area (Å²) in [5.41, 5.74) is 2.89. The molecule has 2 rings (SSSR count). The van der Waals surface area contributed by atoms with Gasteiger partial charge in [0.1, 0.15) is 24.2 Å². The van der Waals surface area contributed by atoms with Gasteiger partial charge in [-0.3, -0.25) is 15.3 Å². The molecule has 0 bridgehead atoms. The first-order valence-corrected chi connectivity index (χ1v) is 10.5. The van der Waals surface area contributed by atoms with Gasteiger partial charge in [0.05, 0.1) is 13.7 Å². The number of nitrogens with one attached hydrogen (secondary N) is 2. The van der Waals surface area contributed by atoms with Crippen molar-refractivity contribution in [3.8, 4) is 11.5 Å². The van der Waals surface area contributed by atoms with Gasteiger partial charge in [-0.2, -0.15) is 0 Å². The van der Waals surface area contributed by atoms with Crippen molar-refractivity contribution >= 4 is 17.7 Å². The fourth-order valence-electron chi connectivity index (χ4n) is 3.11. The smallest absolute Gasteiger partial charge is 0.412 e. The highest BCUT2D eigenvalue weighted by molar-refractivity contribution is 5.86. The van der Waals surface area contributed by atoms with Crippen LogP contribution >= 0.6 is 0 Å². The highest BCUT2D eigenvalue weighted by atomic mass is 16.6. The summed E-state index contributed by atoms with van der Waals surface area (Å²) in [6.45, 7) is 2.05. The first kappa shape index (κ1) is 25.7. The normalized spacial score (nSPS) is 12.6. The maximum absolute atomic E-state index is 12.6. The third-order valence-electron chi connectivity index (χ3n) is 4.82. The number of hydroxylamine groups is 1. The van der Waals surface area contributed by atoms with E-state index in [9.17, 15) is 9.59 Å². The van der Waals surface area contributed by atoms with Crippen LogP contribution in [0.25, 0.3) is 0 Å². The van der Waals surface area contributed by atoms with Gasteiger partial charge in [-0.25, -0.2) is 10.3 Å². The van der Waals surface area contributed by atoms with Crippen LogP contribution in [0.1, 0.15) is 31.4 Å². The summed E-state index contributed by atoms with van der Waals surface area (Å²) in [5.74, 6) is 0.581. The van der Waals surface area contributed by atoms with Crippen molar-refractivity contribution in [2.45, 2.75) is 25.9 Å². The predicted octanol–water partition coefficient (Wildman–Crippen LogP) is 3.83. The van der Waals surface area contributed by atoms with Gasteiger partial charge in [0.25, 0.3) is 5.91 Å². The van der Waals surface area contributed by atoms with E-state index in [0.717, 1.165) is 5.56 Å². The number of carbonyl (C=O) groups excluding carboxylic acids is 2. The average molecular weight is 459 g/mol. The molecule has 2 atom stereocenters. The number of anilines is 1. The van der Waals surface area contributed by atoms with Crippen molar-refractivity contribution in [2.24, 2.45) is 5.92 Å². The Morgan fingerprint density at radius 2 is 1.73 bits per heavy atom. The molecule has 0 fully saturated rings. The predicted molar refractivity (Wildman–Crippen MR) is 122 cm³/mol. The van der Waals surface area contributed by atoms with E-state index >= 15 is 0 Å². The summed E-state index contributed by atoms with van der Waals surface area (Å²) in [6, 6.07) is 14.0. The maximum Gasteiger partial charge on any atom is 0.412 e. The van der Waals surface area contributed by atoms with Gasteiger partial charge in [0, 0.05) is 11.8 Å². The molecular weight excluding hydrogens is 428 g/mol. The van der Waals surface area contributed by atoms with Crippen LogP contribution < -0.4 is 20.3 Å². The van der Waals surface area contributed by atoms with Crippen LogP contribution in [0.3, 0.4) is 0 Å². The third-order valence-corrected chi connectivity index (χ3v) is 4.82. The molecule has 0 radical (unpaired) electrons. The van der Waals surface area contributed by atoms with Crippen LogP contribution in [-0.4, -0.2) is 42.6 Å². The summed E-state index contributed by atoms with van der Waals surface area (Å²) >= 11 is 0. The molecule has 0 saturated heterocycles. The number of aliphatic hydroxyl groups excluding tert-OH is 1. The second-order valence-corrected chi connectivity index (χ2v) is 7.25. The molecule has 0 unspecified atom stereocenters. The lowest BCUT2D eigenvalue weighted by Crippen LogP contribution is -2.22. The zero-order valence-corrected chi connectivity index (χ0v) is 18.7. The minimum atomic E-state index is -0.604. The van der Waals surface area contributed by atoms with Gasteiger partial charge >= 0.3 is 6.09 Å². The van der Waals surface area contributed by atoms with Crippen molar-refractivity contribution in [1.29, 1.82) is 0 Å². The molecule has 0 aromatic heterocycles. The van der Waals surface area contributed by atoms with Crippen LogP contribution in [0.4, 0.5) is 10.5 Å². The van der Waals surface area contributed by atoms with E-state index in [1.54, 1.807) is 49.6 Å². The summed E-state index contributed by atoms with van der Waals surface area (Å²) in [6.07, 6.45) is 2.89. The standard InChI is InChI=1S/C24H30N2O7/c1-17(5-3-4-6-22(28)26-30)23(18-7-11-21(12-8-18)32-16-15-27)33-24(29)25-19-9-13-20(31-2)14-10-19/h4,6-14,17,23,27,30H,3,5,15-16H2,1-2H3,(H,25,29)(H,26,28)/b6-4+/t17-,23-/m1/s1. The Labute approximate surface area is 192 Å². The lowest BCUT2D eigenvalue weighted by molar-refractivity contribution is -0.124. The van der Waals surface area contributed by atoms with Crippen molar-refractivity contribution in [3.63, 3.8) is 0 Å². The lowest BCUT2D eigenvalue weighted by Gasteiger charge is -2.25. The summed E-state index contributed by atoms with van der Waals surface area (Å²) < 4.78 is 16.3. The Bertz CT molecular complexity index is 898. The largest absolute Gasteiger partial charge is 0.497 e. The fourth-order valence-corrected chi connectivity index (χ4v) is 3.11. The molecule has 2 aromatic rings. The van der Waals surface area contributed by atoms with E-state index in [4.69, 9.17) is 24.5 Å². The summed E-state index contributed by atoms with van der Waals surface area (Å²) in [7, 11) is 1.56. The molecule has 33 heavy (non-hydrogen) atoms. The molecule has 0 aliphatic carbocycles. The highest BCUT2D eigenvalue weighted by Gasteiger charge is 2.23. The van der Waals surface area contributed by atoms with Gasteiger partial charge in [-0.05, 0) is 60.7 Å². The number of aliphatic hydroxyl groups is 1. The molecule has 9 nitrogen and oxygen atoms in total. The zero-order chi connectivity index (χ0) is 24.1. The lowest BCUT2D eigenvalue weighted by atomic mass is 9.93. The van der Waals surface area contributed by atoms with E-state index < -0.39 is 18.1 Å². The molecule has 9 heteroatoms. The monoisotopic (exact) mass is 458 g/mol. The van der Waals surface area contributed by atoms with Crippen LogP contribution in [0.2, 0.25) is 0 Å². The molecule has 2 amide bonds. The first-order valence-electron chi connectivity index (χ1n) is 10.5. The van der Waals surface area contributed by atoms with Gasteiger partial charge in [-0.15, -0.1) is 0 Å². The number of methoxy groups -OCH3 is 1. The van der Waals surface area contributed by atoms with Crippen LogP contribution in [0.15, 0.2) is 60.7 Å². The molecule has 0 aliphatic rings. The van der Waals surface area contributed by atoms with E-state index in [-0.39, 0.29) is 19.1 Å². The number of ether oxygens (including phenoxy) is 3. The van der Waals surface area contributed by atoms with E-state index in [1.807, 2.05) is 19.1 Å². The topological polar surface area (TPSA) is 126 Å². The molecule has 4 N–H and O–H groups in total. The molecule has 0 saturated carbocycles. The number of amides is 2. The maximum atomic E-state index is 12.6. The Morgan fingerprint density at radius 3 is 2.33 bits per heavy atom. The van der Waals surface area contributed by atoms with Crippen LogP contribution in [0.5, 0.6) is 11.5 Å². The Kier molecular flexibility index (Phi) is 10.7. The Morgan fingerprint density at radius 1 is 1.06 bits per heavy atom. The first-order chi connectivity index (χ1) is 16.0. The van der Waals surface area contributed by atoms with E-state index in [1.165, 1.54) is 11.6 Å². The molecule has 0 heterocycles. The fraction of sp³-hybridized carbons (Fsp3) is 0.333. The number of hydrogen-bond donors (Lipinski definition) is 4. The van der Waals surface area contributed by atoms with Crippen molar-refractivity contribution < 1.29 is 34.1 Å². The zero-order valence-electron chi connectivity index (χ0n) is 18.7. The van der Waals surface area contributed by atoms with E-state index in [0.29, 0.717) is 30.0 Å². The van der Waals surface area contributed by atoms with Crippen LogP contribution in [0, 0.1) is 5.92 Å². The molecule has 2 aromatic carbocycles. The average Bonchev–Trinajstić information content (AvgIpc) is 2.84.